The number of carbonyl (C=O) groups excluding carboxylic acids is 1. The summed E-state index contributed by atoms with van der Waals surface area (Å²) in [5.41, 5.74) is 0. The van der Waals surface area contributed by atoms with Gasteiger partial charge in [-0.05, 0) is 23.9 Å². The number of Topliss-reactive ketones (excluding diaryl/α,β-unsaturated/α-hetero) is 1. The van der Waals surface area contributed by atoms with Gasteiger partial charge in [-0.25, -0.2) is 0 Å². The summed E-state index contributed by atoms with van der Waals surface area (Å²) in [5, 5.41) is 1.19. The second-order valence-corrected chi connectivity index (χ2v) is 5.47. The quantitative estimate of drug-likeness (QED) is 0.514. The topological polar surface area (TPSA) is 17.1 Å². The van der Waals surface area contributed by atoms with Gasteiger partial charge in [-0.1, -0.05) is 44.4 Å². The lowest BCUT2D eigenvalue weighted by molar-refractivity contribution is 0.0983. The van der Waals surface area contributed by atoms with Crippen molar-refractivity contribution in [1.29, 1.82) is 0 Å². The molecule has 1 aromatic carbocycles. The number of rotatable bonds is 6. The third-order valence-corrected chi connectivity index (χ3v) is 4.11. The van der Waals surface area contributed by atoms with Crippen LogP contribution in [-0.2, 0) is 0 Å². The molecule has 0 radical (unpaired) electrons. The van der Waals surface area contributed by atoms with E-state index in [9.17, 15) is 4.79 Å². The average Bonchev–Trinajstić information content (AvgIpc) is 2.78. The molecule has 2 rings (SSSR count). The average molecular weight is 246 g/mol. The minimum Gasteiger partial charge on any atom is -0.293 e. The van der Waals surface area contributed by atoms with Gasteiger partial charge in [0.1, 0.15) is 0 Å². The van der Waals surface area contributed by atoms with Crippen molar-refractivity contribution in [3.63, 3.8) is 0 Å². The van der Waals surface area contributed by atoms with E-state index < -0.39 is 0 Å². The highest BCUT2D eigenvalue weighted by atomic mass is 32.1. The number of thiophene rings is 1. The molecule has 1 aromatic heterocycles. The van der Waals surface area contributed by atoms with Gasteiger partial charge >= 0.3 is 0 Å². The molecule has 0 unspecified atom stereocenters. The highest BCUT2D eigenvalue weighted by molar-refractivity contribution is 7.20. The van der Waals surface area contributed by atoms with E-state index in [2.05, 4.69) is 19.1 Å². The van der Waals surface area contributed by atoms with E-state index >= 15 is 0 Å². The molecule has 0 aliphatic rings. The summed E-state index contributed by atoms with van der Waals surface area (Å²) in [4.78, 5) is 12.9. The molecule has 0 aliphatic heterocycles. The summed E-state index contributed by atoms with van der Waals surface area (Å²) in [6, 6.07) is 10.2. The van der Waals surface area contributed by atoms with E-state index in [4.69, 9.17) is 0 Å². The molecule has 0 bridgehead atoms. The predicted octanol–water partition coefficient (Wildman–Crippen LogP) is 5.05. The summed E-state index contributed by atoms with van der Waals surface area (Å²) in [6.07, 6.45) is 5.36. The summed E-state index contributed by atoms with van der Waals surface area (Å²) < 4.78 is 1.21. The van der Waals surface area contributed by atoms with E-state index in [0.717, 1.165) is 11.3 Å². The minimum absolute atomic E-state index is 0.308. The lowest BCUT2D eigenvalue weighted by Gasteiger charge is -1.97. The Morgan fingerprint density at radius 1 is 1.18 bits per heavy atom. The van der Waals surface area contributed by atoms with Crippen LogP contribution in [0.5, 0.6) is 0 Å². The van der Waals surface area contributed by atoms with Crippen molar-refractivity contribution in [2.75, 3.05) is 0 Å². The molecule has 17 heavy (non-hydrogen) atoms. The molecule has 2 heteroatoms. The van der Waals surface area contributed by atoms with E-state index in [1.165, 1.54) is 29.3 Å². The van der Waals surface area contributed by atoms with Gasteiger partial charge in [-0.3, -0.25) is 4.79 Å². The van der Waals surface area contributed by atoms with Crippen LogP contribution in [0.1, 0.15) is 48.7 Å². The van der Waals surface area contributed by atoms with Crippen molar-refractivity contribution in [1.82, 2.24) is 0 Å². The Bertz CT molecular complexity index is 465. The van der Waals surface area contributed by atoms with Gasteiger partial charge in [0.25, 0.3) is 0 Å². The molecule has 0 N–H and O–H groups in total. The van der Waals surface area contributed by atoms with Crippen LogP contribution in [0.3, 0.4) is 0 Å². The monoisotopic (exact) mass is 246 g/mol. The Kier molecular flexibility index (Phi) is 4.32. The Morgan fingerprint density at radius 2 is 2.00 bits per heavy atom. The largest absolute Gasteiger partial charge is 0.293 e. The Labute approximate surface area is 106 Å². The number of carbonyl (C=O) groups is 1. The van der Waals surface area contributed by atoms with Crippen LogP contribution in [0.25, 0.3) is 10.1 Å². The zero-order valence-corrected chi connectivity index (χ0v) is 11.1. The van der Waals surface area contributed by atoms with Gasteiger partial charge in [0.2, 0.25) is 0 Å². The molecule has 0 spiro atoms. The highest BCUT2D eigenvalue weighted by Crippen LogP contribution is 2.26. The number of fused-ring (bicyclic) bond motifs is 1. The summed E-state index contributed by atoms with van der Waals surface area (Å²) >= 11 is 1.62. The first-order valence-corrected chi connectivity index (χ1v) is 7.14. The summed E-state index contributed by atoms with van der Waals surface area (Å²) in [7, 11) is 0. The van der Waals surface area contributed by atoms with Crippen molar-refractivity contribution >= 4 is 27.2 Å². The van der Waals surface area contributed by atoms with Crippen LogP contribution in [-0.4, -0.2) is 5.78 Å². The number of hydrogen-bond donors (Lipinski definition) is 0. The Morgan fingerprint density at radius 3 is 2.76 bits per heavy atom. The van der Waals surface area contributed by atoms with Crippen LogP contribution < -0.4 is 0 Å². The molecule has 1 heterocycles. The number of hydrogen-bond acceptors (Lipinski definition) is 2. The maximum Gasteiger partial charge on any atom is 0.172 e. The fraction of sp³-hybridized carbons (Fsp3) is 0.400. The first-order valence-electron chi connectivity index (χ1n) is 6.33. The first kappa shape index (κ1) is 12.3. The maximum absolute atomic E-state index is 12.0. The number of unbranched alkanes of at least 4 members (excludes halogenated alkanes) is 3. The molecular formula is C15H18OS. The summed E-state index contributed by atoms with van der Waals surface area (Å²) in [5.74, 6) is 0.308. The second kappa shape index (κ2) is 5.97. The van der Waals surface area contributed by atoms with Crippen LogP contribution in [0, 0.1) is 0 Å². The minimum atomic E-state index is 0.308. The van der Waals surface area contributed by atoms with E-state index in [0.29, 0.717) is 12.2 Å². The van der Waals surface area contributed by atoms with E-state index in [-0.39, 0.29) is 0 Å². The van der Waals surface area contributed by atoms with Gasteiger partial charge in [-0.15, -0.1) is 11.3 Å². The molecule has 2 aromatic rings. The van der Waals surface area contributed by atoms with E-state index in [1.807, 2.05) is 18.2 Å². The molecular weight excluding hydrogens is 228 g/mol. The standard InChI is InChI=1S/C15H18OS/c1-2-3-4-5-9-13(16)15-11-12-8-6-7-10-14(12)17-15/h6-8,10-11H,2-5,9H2,1H3. The normalized spacial score (nSPS) is 10.9. The smallest absolute Gasteiger partial charge is 0.172 e. The summed E-state index contributed by atoms with van der Waals surface area (Å²) in [6.45, 7) is 2.19. The van der Waals surface area contributed by atoms with Crippen LogP contribution in [0.2, 0.25) is 0 Å². The molecule has 0 amide bonds. The van der Waals surface area contributed by atoms with Gasteiger partial charge in [0.15, 0.2) is 5.78 Å². The fourth-order valence-corrected chi connectivity index (χ4v) is 2.98. The van der Waals surface area contributed by atoms with Crippen LogP contribution >= 0.6 is 11.3 Å². The SMILES string of the molecule is CCCCCCC(=O)c1cc2ccccc2s1. The van der Waals surface area contributed by atoms with Gasteiger partial charge < -0.3 is 0 Å². The van der Waals surface area contributed by atoms with Crippen molar-refractivity contribution in [2.45, 2.75) is 39.0 Å². The third-order valence-electron chi connectivity index (χ3n) is 2.96. The highest BCUT2D eigenvalue weighted by Gasteiger charge is 2.09. The van der Waals surface area contributed by atoms with Crippen molar-refractivity contribution in [3.8, 4) is 0 Å². The molecule has 0 saturated heterocycles. The molecule has 1 nitrogen and oxygen atoms in total. The maximum atomic E-state index is 12.0. The zero-order chi connectivity index (χ0) is 12.1. The van der Waals surface area contributed by atoms with Crippen LogP contribution in [0.15, 0.2) is 30.3 Å². The van der Waals surface area contributed by atoms with Gasteiger partial charge in [0, 0.05) is 11.1 Å². The van der Waals surface area contributed by atoms with Crippen molar-refractivity contribution in [3.05, 3.63) is 35.2 Å². The number of ketones is 1. The zero-order valence-electron chi connectivity index (χ0n) is 10.2. The van der Waals surface area contributed by atoms with Gasteiger partial charge in [-0.2, -0.15) is 0 Å². The molecule has 0 atom stereocenters. The van der Waals surface area contributed by atoms with E-state index in [1.54, 1.807) is 11.3 Å². The molecule has 90 valence electrons. The predicted molar refractivity (Wildman–Crippen MR) is 74.9 cm³/mol. The number of benzene rings is 1. The molecule has 0 aliphatic carbocycles. The lowest BCUT2D eigenvalue weighted by Crippen LogP contribution is -1.95. The Balaban J connectivity index is 1.99. The van der Waals surface area contributed by atoms with Gasteiger partial charge in [0.05, 0.1) is 4.88 Å². The lowest BCUT2D eigenvalue weighted by atomic mass is 10.1. The second-order valence-electron chi connectivity index (χ2n) is 4.38. The Hall–Kier alpha value is -1.15. The first-order chi connectivity index (χ1) is 8.31. The third kappa shape index (κ3) is 3.16. The van der Waals surface area contributed by atoms with Crippen molar-refractivity contribution < 1.29 is 4.79 Å². The molecule has 0 saturated carbocycles. The fourth-order valence-electron chi connectivity index (χ4n) is 1.95. The van der Waals surface area contributed by atoms with Crippen LogP contribution in [0.4, 0.5) is 0 Å². The molecule has 0 fully saturated rings. The van der Waals surface area contributed by atoms with Crippen molar-refractivity contribution in [2.24, 2.45) is 0 Å².